The highest BCUT2D eigenvalue weighted by Gasteiger charge is 1.95. The minimum absolute atomic E-state index is 0.671. The summed E-state index contributed by atoms with van der Waals surface area (Å²) in [5, 5.41) is 0. The summed E-state index contributed by atoms with van der Waals surface area (Å²) in [6.45, 7) is 8.99. The van der Waals surface area contributed by atoms with Gasteiger partial charge in [-0.1, -0.05) is 13.5 Å². The van der Waals surface area contributed by atoms with Crippen molar-refractivity contribution in [2.45, 2.75) is 19.9 Å². The summed E-state index contributed by atoms with van der Waals surface area (Å²) in [7, 11) is -0.671. The minimum Gasteiger partial charge on any atom is -0.385 e. The Labute approximate surface area is 59.3 Å². The highest BCUT2D eigenvalue weighted by atomic mass is 28.3. The van der Waals surface area contributed by atoms with E-state index in [2.05, 4.69) is 25.7 Å². The van der Waals surface area contributed by atoms with Crippen molar-refractivity contribution in [3.05, 3.63) is 12.3 Å². The van der Waals surface area contributed by atoms with Crippen LogP contribution in [0, 0.1) is 0 Å². The van der Waals surface area contributed by atoms with Gasteiger partial charge >= 0.3 is 0 Å². The van der Waals surface area contributed by atoms with E-state index in [1.165, 1.54) is 0 Å². The maximum atomic E-state index is 5.33. The Hall–Kier alpha value is -0.0831. The molecule has 1 unspecified atom stereocenters. The molecule has 0 aliphatic heterocycles. The van der Waals surface area contributed by atoms with Gasteiger partial charge < -0.3 is 4.74 Å². The van der Waals surface area contributed by atoms with E-state index in [1.54, 1.807) is 0 Å². The Bertz CT molecular complexity index is 73.3. The van der Waals surface area contributed by atoms with Crippen LogP contribution in [0.15, 0.2) is 12.3 Å². The Morgan fingerprint density at radius 1 is 1.67 bits per heavy atom. The van der Waals surface area contributed by atoms with Gasteiger partial charge in [0.1, 0.15) is 0 Å². The number of hydrogen-bond donors (Lipinski definition) is 0. The smallest absolute Gasteiger partial charge is 0.0873 e. The molecule has 0 aromatic carbocycles. The second-order valence-corrected chi connectivity index (χ2v) is 5.05. The third-order valence-electron chi connectivity index (χ3n) is 1.13. The van der Waals surface area contributed by atoms with Crippen LogP contribution >= 0.6 is 0 Å². The molecule has 0 rings (SSSR count). The van der Waals surface area contributed by atoms with Gasteiger partial charge in [-0.15, -0.1) is 12.3 Å². The first kappa shape index (κ1) is 8.92. The number of hydrogen-bond acceptors (Lipinski definition) is 1. The summed E-state index contributed by atoms with van der Waals surface area (Å²) in [4.78, 5) is 0. The van der Waals surface area contributed by atoms with Gasteiger partial charge in [-0.25, -0.2) is 0 Å². The van der Waals surface area contributed by atoms with Crippen LogP contribution in [0.2, 0.25) is 6.55 Å². The Morgan fingerprint density at radius 2 is 2.33 bits per heavy atom. The monoisotopic (exact) mass is 144 g/mol. The van der Waals surface area contributed by atoms with E-state index in [9.17, 15) is 0 Å². The average molecular weight is 144 g/mol. The van der Waals surface area contributed by atoms with E-state index in [1.807, 2.05) is 0 Å². The van der Waals surface area contributed by atoms with Crippen LogP contribution in [0.4, 0.5) is 0 Å². The quantitative estimate of drug-likeness (QED) is 0.420. The van der Waals surface area contributed by atoms with Crippen LogP contribution in [0.3, 0.4) is 0 Å². The van der Waals surface area contributed by atoms with Gasteiger partial charge in [-0.05, 0) is 6.42 Å². The lowest BCUT2D eigenvalue weighted by atomic mass is 10.5. The van der Waals surface area contributed by atoms with Crippen molar-refractivity contribution in [1.29, 1.82) is 0 Å². The van der Waals surface area contributed by atoms with E-state index in [0.29, 0.717) is 0 Å². The average Bonchev–Trinajstić information content (AvgIpc) is 1.89. The molecule has 54 valence electrons. The first-order chi connectivity index (χ1) is 4.31. The van der Waals surface area contributed by atoms with Gasteiger partial charge in [0.2, 0.25) is 0 Å². The second-order valence-electron chi connectivity index (χ2n) is 2.29. The van der Waals surface area contributed by atoms with Crippen molar-refractivity contribution in [3.8, 4) is 0 Å². The molecule has 0 aromatic heterocycles. The Morgan fingerprint density at radius 3 is 2.78 bits per heavy atom. The molecule has 9 heavy (non-hydrogen) atoms. The molecule has 2 heteroatoms. The molecule has 1 nitrogen and oxygen atoms in total. The second kappa shape index (κ2) is 6.04. The van der Waals surface area contributed by atoms with Crippen molar-refractivity contribution < 1.29 is 4.74 Å². The zero-order valence-corrected chi connectivity index (χ0v) is 7.55. The zero-order chi connectivity index (χ0) is 7.11. The standard InChI is InChI=1S/C7H16OSi/c1-4-6-8-7-9(3)5-2/h5,9H,2,4,6-7H2,1,3H3. The van der Waals surface area contributed by atoms with Crippen molar-refractivity contribution in [2.24, 2.45) is 0 Å². The number of ether oxygens (including phenoxy) is 1. The fourth-order valence-corrected chi connectivity index (χ4v) is 1.16. The van der Waals surface area contributed by atoms with Gasteiger partial charge in [0.25, 0.3) is 0 Å². The lowest BCUT2D eigenvalue weighted by molar-refractivity contribution is 0.176. The molecule has 0 saturated heterocycles. The third-order valence-corrected chi connectivity index (χ3v) is 2.70. The predicted octanol–water partition coefficient (Wildman–Crippen LogP) is 1.53. The van der Waals surface area contributed by atoms with Crippen LogP contribution in [0.5, 0.6) is 0 Å². The molecule has 0 bridgehead atoms. The summed E-state index contributed by atoms with van der Waals surface area (Å²) >= 11 is 0. The van der Waals surface area contributed by atoms with Crippen LogP contribution in [0.1, 0.15) is 13.3 Å². The van der Waals surface area contributed by atoms with Gasteiger partial charge in [-0.3, -0.25) is 0 Å². The van der Waals surface area contributed by atoms with Crippen LogP contribution in [-0.4, -0.2) is 21.6 Å². The number of rotatable bonds is 5. The van der Waals surface area contributed by atoms with E-state index >= 15 is 0 Å². The van der Waals surface area contributed by atoms with Gasteiger partial charge in [0.05, 0.1) is 8.80 Å². The fourth-order valence-electron chi connectivity index (χ4n) is 0.482. The normalized spacial score (nSPS) is 13.1. The maximum Gasteiger partial charge on any atom is 0.0873 e. The molecule has 0 aliphatic rings. The Kier molecular flexibility index (Phi) is 5.99. The highest BCUT2D eigenvalue weighted by Crippen LogP contribution is 1.85. The SMILES string of the molecule is C=C[SiH](C)COCCC. The summed E-state index contributed by atoms with van der Waals surface area (Å²) in [6.07, 6.45) is 2.08. The summed E-state index contributed by atoms with van der Waals surface area (Å²) < 4.78 is 5.33. The van der Waals surface area contributed by atoms with Crippen molar-refractivity contribution >= 4 is 8.80 Å². The summed E-state index contributed by atoms with van der Waals surface area (Å²) in [5.74, 6) is 0. The van der Waals surface area contributed by atoms with E-state index in [-0.39, 0.29) is 0 Å². The molecule has 0 radical (unpaired) electrons. The lowest BCUT2D eigenvalue weighted by Crippen LogP contribution is -2.13. The fraction of sp³-hybridized carbons (Fsp3) is 0.714. The zero-order valence-electron chi connectivity index (χ0n) is 6.39. The molecule has 1 atom stereocenters. The van der Waals surface area contributed by atoms with Gasteiger partial charge in [0.15, 0.2) is 0 Å². The third kappa shape index (κ3) is 5.79. The van der Waals surface area contributed by atoms with Gasteiger partial charge in [0, 0.05) is 12.8 Å². The molecule has 0 heterocycles. The van der Waals surface area contributed by atoms with Crippen LogP contribution in [-0.2, 0) is 4.74 Å². The largest absolute Gasteiger partial charge is 0.385 e. The molecule has 0 N–H and O–H groups in total. The first-order valence-corrected chi connectivity index (χ1v) is 6.15. The topological polar surface area (TPSA) is 9.23 Å². The molecule has 0 aromatic rings. The van der Waals surface area contributed by atoms with E-state index in [0.717, 1.165) is 19.3 Å². The summed E-state index contributed by atoms with van der Waals surface area (Å²) in [5.41, 5.74) is 2.05. The molecule has 0 spiro atoms. The van der Waals surface area contributed by atoms with Crippen molar-refractivity contribution in [3.63, 3.8) is 0 Å². The van der Waals surface area contributed by atoms with Crippen molar-refractivity contribution in [1.82, 2.24) is 0 Å². The molecular formula is C7H16OSi. The van der Waals surface area contributed by atoms with E-state index in [4.69, 9.17) is 4.74 Å². The molecule has 0 aliphatic carbocycles. The molecule has 0 fully saturated rings. The molecular weight excluding hydrogens is 128 g/mol. The Balaban J connectivity index is 2.96. The molecule has 0 amide bonds. The minimum atomic E-state index is -0.671. The van der Waals surface area contributed by atoms with Gasteiger partial charge in [-0.2, -0.15) is 0 Å². The first-order valence-electron chi connectivity index (χ1n) is 3.51. The van der Waals surface area contributed by atoms with Crippen LogP contribution < -0.4 is 0 Å². The predicted molar refractivity (Wildman–Crippen MR) is 44.3 cm³/mol. The van der Waals surface area contributed by atoms with Crippen molar-refractivity contribution in [2.75, 3.05) is 12.8 Å². The molecule has 0 saturated carbocycles. The summed E-state index contributed by atoms with van der Waals surface area (Å²) in [6, 6.07) is 0. The van der Waals surface area contributed by atoms with Crippen LogP contribution in [0.25, 0.3) is 0 Å². The lowest BCUT2D eigenvalue weighted by Gasteiger charge is -2.03. The van der Waals surface area contributed by atoms with E-state index < -0.39 is 8.80 Å². The maximum absolute atomic E-state index is 5.33. The highest BCUT2D eigenvalue weighted by molar-refractivity contribution is 6.62.